The van der Waals surface area contributed by atoms with E-state index in [4.69, 9.17) is 4.74 Å². The number of ether oxygens (including phenoxy) is 1. The molecule has 28 heavy (non-hydrogen) atoms. The lowest BCUT2D eigenvalue weighted by Gasteiger charge is -2.25. The summed E-state index contributed by atoms with van der Waals surface area (Å²) in [6, 6.07) is 11.6. The Morgan fingerprint density at radius 2 is 1.86 bits per heavy atom. The van der Waals surface area contributed by atoms with Gasteiger partial charge >= 0.3 is 0 Å². The fourth-order valence-corrected chi connectivity index (χ4v) is 3.40. The second-order valence-corrected chi connectivity index (χ2v) is 7.01. The summed E-state index contributed by atoms with van der Waals surface area (Å²) in [6.45, 7) is 6.37. The van der Waals surface area contributed by atoms with E-state index in [1.54, 1.807) is 13.2 Å². The topological polar surface area (TPSA) is 46.6 Å². The summed E-state index contributed by atoms with van der Waals surface area (Å²) >= 11 is 0. The highest BCUT2D eigenvalue weighted by Gasteiger charge is 2.27. The largest absolute Gasteiger partial charge is 0.496 e. The van der Waals surface area contributed by atoms with Crippen molar-refractivity contribution in [3.8, 4) is 5.75 Å². The number of amides is 2. The summed E-state index contributed by atoms with van der Waals surface area (Å²) in [5.74, 6) is 0.236. The molecule has 0 atom stereocenters. The Bertz CT molecular complexity index is 985. The van der Waals surface area contributed by atoms with Gasteiger partial charge in [0.1, 0.15) is 5.75 Å². The number of rotatable bonds is 4. The van der Waals surface area contributed by atoms with Crippen LogP contribution in [-0.2, 0) is 9.59 Å². The predicted octanol–water partition coefficient (Wildman–Crippen LogP) is 4.48. The van der Waals surface area contributed by atoms with Crippen LogP contribution in [-0.4, -0.2) is 30.4 Å². The first kappa shape index (κ1) is 19.6. The van der Waals surface area contributed by atoms with Gasteiger partial charge < -0.3 is 4.74 Å². The Morgan fingerprint density at radius 1 is 1.11 bits per heavy atom. The molecule has 0 saturated carbocycles. The van der Waals surface area contributed by atoms with E-state index < -0.39 is 0 Å². The van der Waals surface area contributed by atoms with Crippen LogP contribution in [0.5, 0.6) is 5.75 Å². The normalized spacial score (nSPS) is 14.4. The van der Waals surface area contributed by atoms with Crippen LogP contribution in [0.4, 0.5) is 0 Å². The van der Waals surface area contributed by atoms with E-state index in [1.807, 2.05) is 63.2 Å². The molecule has 4 heteroatoms. The minimum Gasteiger partial charge on any atom is -0.496 e. The molecule has 144 valence electrons. The first-order valence-corrected chi connectivity index (χ1v) is 9.37. The van der Waals surface area contributed by atoms with Gasteiger partial charge in [-0.05, 0) is 67.2 Å². The lowest BCUT2D eigenvalue weighted by atomic mass is 9.96. The SMILES string of the molecule is COc1cc(/C=C/C(=O)N2CCC=C(c3ccccc3C)C2=O)cc(C)c1C. The molecule has 0 aromatic heterocycles. The van der Waals surface area contributed by atoms with Gasteiger partial charge in [0.2, 0.25) is 0 Å². The molecule has 0 saturated heterocycles. The Kier molecular flexibility index (Phi) is 5.78. The predicted molar refractivity (Wildman–Crippen MR) is 112 cm³/mol. The first-order chi connectivity index (χ1) is 13.4. The third kappa shape index (κ3) is 3.91. The van der Waals surface area contributed by atoms with E-state index in [0.717, 1.165) is 33.6 Å². The zero-order valence-corrected chi connectivity index (χ0v) is 16.8. The van der Waals surface area contributed by atoms with E-state index in [1.165, 1.54) is 11.0 Å². The fraction of sp³-hybridized carbons (Fsp3) is 0.250. The number of carbonyl (C=O) groups excluding carboxylic acids is 2. The second-order valence-electron chi connectivity index (χ2n) is 7.01. The average Bonchev–Trinajstić information content (AvgIpc) is 2.69. The summed E-state index contributed by atoms with van der Waals surface area (Å²) in [5, 5.41) is 0. The zero-order valence-electron chi connectivity index (χ0n) is 16.8. The summed E-state index contributed by atoms with van der Waals surface area (Å²) in [4.78, 5) is 26.9. The van der Waals surface area contributed by atoms with Gasteiger partial charge in [-0.15, -0.1) is 0 Å². The lowest BCUT2D eigenvalue weighted by Crippen LogP contribution is -2.39. The van der Waals surface area contributed by atoms with Gasteiger partial charge in [-0.2, -0.15) is 0 Å². The molecule has 0 unspecified atom stereocenters. The number of hydrogen-bond acceptors (Lipinski definition) is 3. The zero-order chi connectivity index (χ0) is 20.3. The minimum absolute atomic E-state index is 0.243. The summed E-state index contributed by atoms with van der Waals surface area (Å²) in [7, 11) is 1.63. The van der Waals surface area contributed by atoms with Crippen molar-refractivity contribution in [1.82, 2.24) is 4.90 Å². The molecule has 0 aliphatic carbocycles. The highest BCUT2D eigenvalue weighted by Crippen LogP contribution is 2.26. The third-order valence-electron chi connectivity index (χ3n) is 5.16. The van der Waals surface area contributed by atoms with Crippen LogP contribution < -0.4 is 4.74 Å². The van der Waals surface area contributed by atoms with Crippen molar-refractivity contribution in [2.45, 2.75) is 27.2 Å². The number of imide groups is 1. The van der Waals surface area contributed by atoms with Crippen molar-refractivity contribution < 1.29 is 14.3 Å². The molecule has 2 aromatic rings. The molecule has 3 rings (SSSR count). The van der Waals surface area contributed by atoms with E-state index in [0.29, 0.717) is 18.5 Å². The Balaban J connectivity index is 1.81. The third-order valence-corrected chi connectivity index (χ3v) is 5.16. The van der Waals surface area contributed by atoms with Crippen LogP contribution in [0.15, 0.2) is 48.6 Å². The Labute approximate surface area is 166 Å². The quantitative estimate of drug-likeness (QED) is 0.741. The average molecular weight is 375 g/mol. The molecule has 0 bridgehead atoms. The maximum atomic E-state index is 12.9. The Morgan fingerprint density at radius 3 is 2.57 bits per heavy atom. The van der Waals surface area contributed by atoms with Crippen LogP contribution in [0.25, 0.3) is 11.6 Å². The van der Waals surface area contributed by atoms with Gasteiger partial charge in [0.15, 0.2) is 0 Å². The smallest absolute Gasteiger partial charge is 0.261 e. The van der Waals surface area contributed by atoms with Crippen LogP contribution in [0.2, 0.25) is 0 Å². The van der Waals surface area contributed by atoms with Crippen molar-refractivity contribution in [2.75, 3.05) is 13.7 Å². The lowest BCUT2D eigenvalue weighted by molar-refractivity contribution is -0.138. The molecule has 1 heterocycles. The van der Waals surface area contributed by atoms with Gasteiger partial charge in [0, 0.05) is 18.2 Å². The molecular formula is C24H25NO3. The summed E-state index contributed by atoms with van der Waals surface area (Å²) < 4.78 is 5.39. The van der Waals surface area contributed by atoms with Gasteiger partial charge in [-0.1, -0.05) is 36.4 Å². The molecule has 0 radical (unpaired) electrons. The molecule has 2 aromatic carbocycles. The standard InChI is InChI=1S/C24H25NO3/c1-16-8-5-6-9-20(16)21-10-7-13-25(24(21)27)23(26)12-11-19-14-17(2)18(3)22(15-19)28-4/h5-6,8-12,14-15H,7,13H2,1-4H3/b12-11+. The van der Waals surface area contributed by atoms with Crippen LogP contribution in [0.3, 0.4) is 0 Å². The molecule has 2 amide bonds. The van der Waals surface area contributed by atoms with Crippen LogP contribution in [0.1, 0.15) is 34.2 Å². The first-order valence-electron chi connectivity index (χ1n) is 9.37. The summed E-state index contributed by atoms with van der Waals surface area (Å²) in [6.07, 6.45) is 5.78. The van der Waals surface area contributed by atoms with Crippen molar-refractivity contribution in [1.29, 1.82) is 0 Å². The highest BCUT2D eigenvalue weighted by molar-refractivity contribution is 6.25. The van der Waals surface area contributed by atoms with Gasteiger partial charge in [0.05, 0.1) is 7.11 Å². The molecule has 1 aliphatic rings. The van der Waals surface area contributed by atoms with Crippen LogP contribution >= 0.6 is 0 Å². The number of carbonyl (C=O) groups is 2. The van der Waals surface area contributed by atoms with E-state index in [2.05, 4.69) is 0 Å². The Hall–Kier alpha value is -3.14. The van der Waals surface area contributed by atoms with E-state index >= 15 is 0 Å². The molecular weight excluding hydrogens is 350 g/mol. The number of aryl methyl sites for hydroxylation is 2. The highest BCUT2D eigenvalue weighted by atomic mass is 16.5. The number of benzene rings is 2. The summed E-state index contributed by atoms with van der Waals surface area (Å²) in [5.41, 5.74) is 5.53. The monoisotopic (exact) mass is 375 g/mol. The van der Waals surface area contributed by atoms with Crippen LogP contribution in [0, 0.1) is 20.8 Å². The van der Waals surface area contributed by atoms with Crippen molar-refractivity contribution in [3.05, 3.63) is 76.4 Å². The number of methoxy groups -OCH3 is 1. The molecule has 1 aliphatic heterocycles. The van der Waals surface area contributed by atoms with Gasteiger partial charge in [-0.25, -0.2) is 0 Å². The number of nitrogens with zero attached hydrogens (tertiary/aromatic N) is 1. The van der Waals surface area contributed by atoms with Gasteiger partial charge in [-0.3, -0.25) is 14.5 Å². The van der Waals surface area contributed by atoms with Crippen molar-refractivity contribution in [3.63, 3.8) is 0 Å². The van der Waals surface area contributed by atoms with Gasteiger partial charge in [0.25, 0.3) is 11.8 Å². The second kappa shape index (κ2) is 8.26. The van der Waals surface area contributed by atoms with Crippen molar-refractivity contribution in [2.24, 2.45) is 0 Å². The van der Waals surface area contributed by atoms with E-state index in [9.17, 15) is 9.59 Å². The maximum Gasteiger partial charge on any atom is 0.261 e. The molecule has 0 N–H and O–H groups in total. The minimum atomic E-state index is -0.304. The fourth-order valence-electron chi connectivity index (χ4n) is 3.40. The maximum absolute atomic E-state index is 12.9. The molecule has 0 spiro atoms. The molecule has 0 fully saturated rings. The number of hydrogen-bond donors (Lipinski definition) is 0. The van der Waals surface area contributed by atoms with E-state index in [-0.39, 0.29) is 11.8 Å². The van der Waals surface area contributed by atoms with Crippen molar-refractivity contribution >= 4 is 23.5 Å². The molecule has 4 nitrogen and oxygen atoms in total.